The van der Waals surface area contributed by atoms with Crippen molar-refractivity contribution in [2.24, 2.45) is 5.92 Å². The van der Waals surface area contributed by atoms with Crippen LogP contribution in [-0.4, -0.2) is 47.0 Å². The number of ether oxygens (including phenoxy) is 1. The number of aromatic nitrogens is 1. The molecule has 0 saturated carbocycles. The van der Waals surface area contributed by atoms with Crippen molar-refractivity contribution >= 4 is 34.3 Å². The third kappa shape index (κ3) is 3.57. The number of aromatic amines is 1. The van der Waals surface area contributed by atoms with E-state index in [1.54, 1.807) is 0 Å². The van der Waals surface area contributed by atoms with Crippen molar-refractivity contribution in [3.05, 3.63) is 71.2 Å². The summed E-state index contributed by atoms with van der Waals surface area (Å²) < 4.78 is 19.6. The molecule has 164 valence electrons. The molecular formula is C24H21FN2O5. The number of para-hydroxylation sites is 1. The fourth-order valence-electron chi connectivity index (χ4n) is 4.31. The Balaban J connectivity index is 1.69. The number of Topliss-reactive ketones (excluding diaryl/α,β-unsaturated/α-hetero) is 2. The van der Waals surface area contributed by atoms with Gasteiger partial charge in [-0.1, -0.05) is 24.3 Å². The Kier molecular flexibility index (Phi) is 5.61. The molecule has 4 rings (SSSR count). The highest BCUT2D eigenvalue weighted by atomic mass is 19.1. The molecule has 3 aromatic rings. The number of carbonyl (C=O) groups is 4. The molecule has 1 amide bonds. The molecule has 0 spiro atoms. The number of fused-ring (bicyclic) bond motifs is 1. The molecule has 2 unspecified atom stereocenters. The molecule has 1 N–H and O–H groups in total. The minimum Gasteiger partial charge on any atom is -0.465 e. The number of nitrogens with zero attached hydrogens (tertiary/aromatic N) is 1. The third-order valence-electron chi connectivity index (χ3n) is 5.88. The van der Waals surface area contributed by atoms with Gasteiger partial charge in [0, 0.05) is 29.2 Å². The van der Waals surface area contributed by atoms with E-state index < -0.39 is 41.2 Å². The van der Waals surface area contributed by atoms with Crippen LogP contribution >= 0.6 is 0 Å². The predicted octanol–water partition coefficient (Wildman–Crippen LogP) is 2.99. The number of nitrogens with one attached hydrogen (secondary N) is 1. The van der Waals surface area contributed by atoms with Crippen LogP contribution in [0.25, 0.3) is 10.9 Å². The van der Waals surface area contributed by atoms with Crippen LogP contribution in [0.4, 0.5) is 4.39 Å². The van der Waals surface area contributed by atoms with Crippen LogP contribution in [0.15, 0.2) is 48.7 Å². The van der Waals surface area contributed by atoms with Gasteiger partial charge in [0.25, 0.3) is 5.91 Å². The summed E-state index contributed by atoms with van der Waals surface area (Å²) in [7, 11) is 1.18. The van der Waals surface area contributed by atoms with E-state index in [0.29, 0.717) is 6.42 Å². The number of esters is 1. The highest BCUT2D eigenvalue weighted by Crippen LogP contribution is 2.38. The highest BCUT2D eigenvalue weighted by Gasteiger charge is 2.50. The van der Waals surface area contributed by atoms with Crippen LogP contribution in [0.1, 0.15) is 34.5 Å². The van der Waals surface area contributed by atoms with Crippen LogP contribution in [0, 0.1) is 11.7 Å². The number of methoxy groups -OCH3 is 1. The lowest BCUT2D eigenvalue weighted by Gasteiger charge is -2.27. The number of H-pyrrole nitrogens is 1. The smallest absolute Gasteiger partial charge is 0.337 e. The average Bonchev–Trinajstić information content (AvgIpc) is 3.30. The fraction of sp³-hybridized carbons (Fsp3) is 0.250. The highest BCUT2D eigenvalue weighted by molar-refractivity contribution is 6.42. The average molecular weight is 436 g/mol. The Labute approximate surface area is 183 Å². The number of amides is 1. The van der Waals surface area contributed by atoms with Gasteiger partial charge in [0.2, 0.25) is 5.78 Å². The van der Waals surface area contributed by atoms with Crippen LogP contribution in [0.2, 0.25) is 0 Å². The molecule has 2 atom stereocenters. The normalized spacial score (nSPS) is 18.4. The molecule has 8 heteroatoms. The largest absolute Gasteiger partial charge is 0.465 e. The van der Waals surface area contributed by atoms with E-state index in [1.165, 1.54) is 31.1 Å². The number of likely N-dealkylation sites (tertiary alicyclic amines) is 1. The molecule has 32 heavy (non-hydrogen) atoms. The molecule has 0 radical (unpaired) electrons. The fourth-order valence-corrected chi connectivity index (χ4v) is 4.31. The van der Waals surface area contributed by atoms with Gasteiger partial charge >= 0.3 is 5.97 Å². The van der Waals surface area contributed by atoms with Crippen LogP contribution < -0.4 is 0 Å². The molecule has 7 nitrogen and oxygen atoms in total. The van der Waals surface area contributed by atoms with E-state index in [9.17, 15) is 19.2 Å². The molecule has 1 aliphatic rings. The van der Waals surface area contributed by atoms with E-state index in [0.717, 1.165) is 22.5 Å². The molecule has 0 aliphatic carbocycles. The van der Waals surface area contributed by atoms with Crippen molar-refractivity contribution in [1.82, 2.24) is 9.88 Å². The summed E-state index contributed by atoms with van der Waals surface area (Å²) in [5.41, 5.74) is 1.88. The van der Waals surface area contributed by atoms with Gasteiger partial charge in [0.1, 0.15) is 17.5 Å². The topological polar surface area (TPSA) is 96.5 Å². The van der Waals surface area contributed by atoms with Gasteiger partial charge in [-0.05, 0) is 37.1 Å². The second-order valence-corrected chi connectivity index (χ2v) is 7.73. The molecule has 2 aromatic carbocycles. The Morgan fingerprint density at radius 2 is 1.91 bits per heavy atom. The quantitative estimate of drug-likeness (QED) is 0.364. The Bertz CT molecular complexity index is 1250. The number of halogens is 1. The molecule has 1 saturated heterocycles. The second-order valence-electron chi connectivity index (χ2n) is 7.73. The number of carbonyl (C=O) groups excluding carboxylic acids is 4. The summed E-state index contributed by atoms with van der Waals surface area (Å²) >= 11 is 0. The van der Waals surface area contributed by atoms with Gasteiger partial charge < -0.3 is 14.6 Å². The van der Waals surface area contributed by atoms with Gasteiger partial charge in [0.05, 0.1) is 18.7 Å². The first-order valence-electron chi connectivity index (χ1n) is 10.1. The third-order valence-corrected chi connectivity index (χ3v) is 5.88. The lowest BCUT2D eigenvalue weighted by Crippen LogP contribution is -2.33. The Morgan fingerprint density at radius 1 is 1.16 bits per heavy atom. The summed E-state index contributed by atoms with van der Waals surface area (Å²) in [5, 5.41) is 0.985. The number of benzene rings is 2. The molecule has 1 fully saturated rings. The Hall–Kier alpha value is -3.81. The van der Waals surface area contributed by atoms with Crippen molar-refractivity contribution in [2.45, 2.75) is 19.4 Å². The first-order chi connectivity index (χ1) is 15.3. The van der Waals surface area contributed by atoms with Crippen molar-refractivity contribution in [1.29, 1.82) is 0 Å². The number of hydrogen-bond donors (Lipinski definition) is 1. The van der Waals surface area contributed by atoms with E-state index in [1.807, 2.05) is 30.5 Å². The second kappa shape index (κ2) is 8.37. The molecule has 1 aliphatic heterocycles. The van der Waals surface area contributed by atoms with Crippen molar-refractivity contribution < 1.29 is 28.3 Å². The zero-order chi connectivity index (χ0) is 23.0. The lowest BCUT2D eigenvalue weighted by molar-refractivity contribution is -0.142. The van der Waals surface area contributed by atoms with Gasteiger partial charge in [-0.2, -0.15) is 0 Å². The van der Waals surface area contributed by atoms with Crippen molar-refractivity contribution in [3.8, 4) is 0 Å². The number of hydrogen-bond acceptors (Lipinski definition) is 5. The van der Waals surface area contributed by atoms with Gasteiger partial charge in [-0.25, -0.2) is 9.18 Å². The summed E-state index contributed by atoms with van der Waals surface area (Å²) in [6, 6.07) is 10.3. The summed E-state index contributed by atoms with van der Waals surface area (Å²) in [6.45, 7) is 1.34. The summed E-state index contributed by atoms with van der Waals surface area (Å²) in [4.78, 5) is 53.8. The lowest BCUT2D eigenvalue weighted by atomic mass is 9.89. The summed E-state index contributed by atoms with van der Waals surface area (Å²) in [5.74, 6) is -4.98. The van der Waals surface area contributed by atoms with E-state index in [2.05, 4.69) is 9.72 Å². The minimum atomic E-state index is -1.30. The monoisotopic (exact) mass is 436 g/mol. The molecule has 1 aromatic heterocycles. The maximum Gasteiger partial charge on any atom is 0.337 e. The minimum absolute atomic E-state index is 0.00545. The zero-order valence-corrected chi connectivity index (χ0v) is 17.6. The standard InChI is InChI=1S/C24H21FN2O5/c1-13(28)20-21(17-8-7-14(11-18(17)25)24(31)32-2)27(23(30)22(20)29)10-9-15-12-26-19-6-4-3-5-16(15)19/h3-8,11-12,20-21,26H,9-10H2,1-2H3. The summed E-state index contributed by atoms with van der Waals surface area (Å²) in [6.07, 6.45) is 2.24. The van der Waals surface area contributed by atoms with Gasteiger partial charge in [-0.3, -0.25) is 14.4 Å². The van der Waals surface area contributed by atoms with E-state index in [-0.39, 0.29) is 17.7 Å². The van der Waals surface area contributed by atoms with E-state index in [4.69, 9.17) is 0 Å². The van der Waals surface area contributed by atoms with Crippen LogP contribution in [0.3, 0.4) is 0 Å². The molecular weight excluding hydrogens is 415 g/mol. The van der Waals surface area contributed by atoms with Crippen molar-refractivity contribution in [3.63, 3.8) is 0 Å². The first-order valence-corrected chi connectivity index (χ1v) is 10.1. The maximum absolute atomic E-state index is 15.0. The van der Waals surface area contributed by atoms with Crippen molar-refractivity contribution in [2.75, 3.05) is 13.7 Å². The Morgan fingerprint density at radius 3 is 2.59 bits per heavy atom. The van der Waals surface area contributed by atoms with Crippen LogP contribution in [0.5, 0.6) is 0 Å². The number of rotatable bonds is 6. The predicted molar refractivity (Wildman–Crippen MR) is 113 cm³/mol. The maximum atomic E-state index is 15.0. The van der Waals surface area contributed by atoms with Gasteiger partial charge in [0.15, 0.2) is 0 Å². The van der Waals surface area contributed by atoms with Crippen LogP contribution in [-0.2, 0) is 25.5 Å². The molecule has 2 heterocycles. The molecule has 0 bridgehead atoms. The zero-order valence-electron chi connectivity index (χ0n) is 17.6. The first kappa shape index (κ1) is 21.4. The SMILES string of the molecule is COC(=O)c1ccc(C2C(C(C)=O)C(=O)C(=O)N2CCc2c[nH]c3ccccc23)c(F)c1. The van der Waals surface area contributed by atoms with Gasteiger partial charge in [-0.15, -0.1) is 0 Å². The number of ketones is 2. The van der Waals surface area contributed by atoms with E-state index >= 15 is 4.39 Å².